The minimum Gasteiger partial charge on any atom is -0.497 e. The molecule has 1 heterocycles. The predicted octanol–water partition coefficient (Wildman–Crippen LogP) is 2.85. The normalized spacial score (nSPS) is 18.5. The van der Waals surface area contributed by atoms with Crippen molar-refractivity contribution in [3.05, 3.63) is 23.8 Å². The van der Waals surface area contributed by atoms with E-state index in [1.165, 1.54) is 0 Å². The van der Waals surface area contributed by atoms with Crippen LogP contribution in [0.2, 0.25) is 0 Å². The molecule has 1 fully saturated rings. The fourth-order valence-electron chi connectivity index (χ4n) is 3.43. The topological polar surface area (TPSA) is 71.1 Å². The second-order valence-electron chi connectivity index (χ2n) is 7.71. The number of carbonyl (C=O) groups is 2. The van der Waals surface area contributed by atoms with E-state index in [9.17, 15) is 9.59 Å². The smallest absolute Gasteiger partial charge is 0.255 e. The van der Waals surface area contributed by atoms with E-state index in [-0.39, 0.29) is 17.2 Å². The summed E-state index contributed by atoms with van der Waals surface area (Å²) in [7, 11) is 7.05. The molecular formula is C22H35N3O4S. The van der Waals surface area contributed by atoms with Gasteiger partial charge in [0.15, 0.2) is 0 Å². The number of ether oxygens (including phenoxy) is 2. The average molecular weight is 438 g/mol. The number of carbonyl (C=O) groups excluding carboxylic acids is 2. The Morgan fingerprint density at radius 3 is 2.40 bits per heavy atom. The van der Waals surface area contributed by atoms with Crippen LogP contribution in [0.25, 0.3) is 0 Å². The monoisotopic (exact) mass is 437 g/mol. The molecule has 0 saturated carbocycles. The molecule has 2 atom stereocenters. The van der Waals surface area contributed by atoms with Crippen molar-refractivity contribution < 1.29 is 19.1 Å². The number of hydrogen-bond donors (Lipinski definition) is 1. The van der Waals surface area contributed by atoms with Gasteiger partial charge < -0.3 is 24.6 Å². The molecule has 30 heavy (non-hydrogen) atoms. The quantitative estimate of drug-likeness (QED) is 0.537. The second-order valence-corrected chi connectivity index (χ2v) is 8.92. The third-order valence-corrected chi connectivity index (χ3v) is 6.50. The molecular weight excluding hydrogens is 402 g/mol. The zero-order chi connectivity index (χ0) is 22.1. The summed E-state index contributed by atoms with van der Waals surface area (Å²) in [5, 5.41) is 2.98. The average Bonchev–Trinajstić information content (AvgIpc) is 3.16. The number of thioether (sulfide) groups is 1. The number of rotatable bonds is 11. The Hall–Kier alpha value is -1.93. The molecule has 2 rings (SSSR count). The maximum atomic E-state index is 13.5. The Kier molecular flexibility index (Phi) is 9.78. The van der Waals surface area contributed by atoms with Gasteiger partial charge in [0, 0.05) is 30.5 Å². The van der Waals surface area contributed by atoms with Crippen LogP contribution >= 0.6 is 11.8 Å². The number of likely N-dealkylation sites (N-methyl/N-ethyl adjacent to an activating group) is 1. The summed E-state index contributed by atoms with van der Waals surface area (Å²) in [4.78, 5) is 30.2. The Bertz CT molecular complexity index is 691. The van der Waals surface area contributed by atoms with Crippen LogP contribution in [0.5, 0.6) is 11.5 Å². The van der Waals surface area contributed by atoms with Crippen molar-refractivity contribution in [2.24, 2.45) is 0 Å². The number of methoxy groups -OCH3 is 2. The van der Waals surface area contributed by atoms with E-state index in [2.05, 4.69) is 12.2 Å². The van der Waals surface area contributed by atoms with E-state index in [1.807, 2.05) is 19.0 Å². The molecule has 0 aliphatic carbocycles. The highest BCUT2D eigenvalue weighted by molar-refractivity contribution is 8.00. The lowest BCUT2D eigenvalue weighted by atomic mass is 10.1. The largest absolute Gasteiger partial charge is 0.497 e. The first-order chi connectivity index (χ1) is 14.4. The molecule has 8 heteroatoms. The number of unbranched alkanes of at least 4 members (excludes halogenated alkanes) is 2. The van der Waals surface area contributed by atoms with E-state index in [0.717, 1.165) is 32.2 Å². The van der Waals surface area contributed by atoms with Crippen molar-refractivity contribution in [1.29, 1.82) is 0 Å². The summed E-state index contributed by atoms with van der Waals surface area (Å²) >= 11 is 1.69. The van der Waals surface area contributed by atoms with Gasteiger partial charge in [-0.25, -0.2) is 0 Å². The number of hydrogen-bond acceptors (Lipinski definition) is 6. The van der Waals surface area contributed by atoms with Crippen LogP contribution in [-0.4, -0.2) is 80.2 Å². The highest BCUT2D eigenvalue weighted by atomic mass is 32.2. The van der Waals surface area contributed by atoms with Crippen LogP contribution in [0.15, 0.2) is 18.2 Å². The fraction of sp³-hybridized carbons (Fsp3) is 0.636. The summed E-state index contributed by atoms with van der Waals surface area (Å²) in [6.45, 7) is 3.48. The van der Waals surface area contributed by atoms with Crippen molar-refractivity contribution in [3.63, 3.8) is 0 Å². The second kappa shape index (κ2) is 12.1. The van der Waals surface area contributed by atoms with Crippen molar-refractivity contribution in [1.82, 2.24) is 15.1 Å². The molecule has 0 radical (unpaired) electrons. The van der Waals surface area contributed by atoms with Gasteiger partial charge >= 0.3 is 0 Å². The van der Waals surface area contributed by atoms with Gasteiger partial charge in [-0.3, -0.25) is 9.59 Å². The van der Waals surface area contributed by atoms with Gasteiger partial charge in [0.25, 0.3) is 5.91 Å². The zero-order valence-corrected chi connectivity index (χ0v) is 19.6. The molecule has 168 valence electrons. The van der Waals surface area contributed by atoms with Crippen molar-refractivity contribution in [2.45, 2.75) is 44.0 Å². The van der Waals surface area contributed by atoms with E-state index >= 15 is 0 Å². The van der Waals surface area contributed by atoms with E-state index in [1.54, 1.807) is 49.1 Å². The fourth-order valence-corrected chi connectivity index (χ4v) is 4.88. The Morgan fingerprint density at radius 1 is 1.17 bits per heavy atom. The van der Waals surface area contributed by atoms with Gasteiger partial charge in [-0.05, 0) is 32.6 Å². The standard InChI is InChI=1S/C22H35N3O4S/c1-6-7-8-9-20-25(19(15-30-20)21(26)23-10-11-24(2)3)22(27)16-12-17(28-4)14-18(13-16)29-5/h12-14,19-20H,6-11,15H2,1-5H3,(H,23,26). The van der Waals surface area contributed by atoms with Crippen LogP contribution < -0.4 is 14.8 Å². The first-order valence-corrected chi connectivity index (χ1v) is 11.6. The molecule has 1 aromatic rings. The molecule has 2 unspecified atom stereocenters. The lowest BCUT2D eigenvalue weighted by Crippen LogP contribution is -2.50. The minimum atomic E-state index is -0.478. The van der Waals surface area contributed by atoms with Crippen LogP contribution in [0.1, 0.15) is 43.0 Å². The number of nitrogens with zero attached hydrogens (tertiary/aromatic N) is 2. The van der Waals surface area contributed by atoms with Gasteiger partial charge in [0.05, 0.1) is 19.6 Å². The van der Waals surface area contributed by atoms with Crippen LogP contribution in [0.4, 0.5) is 0 Å². The van der Waals surface area contributed by atoms with Crippen molar-refractivity contribution in [3.8, 4) is 11.5 Å². The van der Waals surface area contributed by atoms with Crippen LogP contribution in [0.3, 0.4) is 0 Å². The Labute approximate surface area is 184 Å². The van der Waals surface area contributed by atoms with Gasteiger partial charge in [-0.2, -0.15) is 0 Å². The SMILES string of the molecule is CCCCCC1SCC(C(=O)NCCN(C)C)N1C(=O)c1cc(OC)cc(OC)c1. The predicted molar refractivity (Wildman–Crippen MR) is 121 cm³/mol. The van der Waals surface area contributed by atoms with Gasteiger partial charge in [-0.15, -0.1) is 11.8 Å². The number of amides is 2. The molecule has 2 amide bonds. The molecule has 0 aromatic heterocycles. The lowest BCUT2D eigenvalue weighted by Gasteiger charge is -2.29. The van der Waals surface area contributed by atoms with Crippen LogP contribution in [0, 0.1) is 0 Å². The number of nitrogens with one attached hydrogen (secondary N) is 1. The molecule has 1 saturated heterocycles. The van der Waals surface area contributed by atoms with E-state index in [4.69, 9.17) is 9.47 Å². The minimum absolute atomic E-state index is 0.00848. The molecule has 1 N–H and O–H groups in total. The molecule has 0 spiro atoms. The Morgan fingerprint density at radius 2 is 1.83 bits per heavy atom. The summed E-state index contributed by atoms with van der Waals surface area (Å²) < 4.78 is 10.7. The van der Waals surface area contributed by atoms with E-state index in [0.29, 0.717) is 29.4 Å². The third-order valence-electron chi connectivity index (χ3n) is 5.14. The number of benzene rings is 1. The van der Waals surface area contributed by atoms with Crippen LogP contribution in [-0.2, 0) is 4.79 Å². The van der Waals surface area contributed by atoms with Crippen molar-refractivity contribution >= 4 is 23.6 Å². The first-order valence-electron chi connectivity index (χ1n) is 10.5. The third kappa shape index (κ3) is 6.54. The summed E-state index contributed by atoms with van der Waals surface area (Å²) in [6, 6.07) is 4.67. The first kappa shape index (κ1) is 24.3. The van der Waals surface area contributed by atoms with Crippen molar-refractivity contribution in [2.75, 3.05) is 47.2 Å². The van der Waals surface area contributed by atoms with E-state index < -0.39 is 6.04 Å². The van der Waals surface area contributed by atoms with Gasteiger partial charge in [0.2, 0.25) is 5.91 Å². The summed E-state index contributed by atoms with van der Waals surface area (Å²) in [6.07, 6.45) is 4.15. The lowest BCUT2D eigenvalue weighted by molar-refractivity contribution is -0.124. The van der Waals surface area contributed by atoms with Gasteiger partial charge in [-0.1, -0.05) is 26.2 Å². The molecule has 1 aliphatic heterocycles. The molecule has 1 aliphatic rings. The maximum absolute atomic E-state index is 13.5. The highest BCUT2D eigenvalue weighted by Crippen LogP contribution is 2.35. The molecule has 1 aromatic carbocycles. The Balaban J connectivity index is 2.24. The molecule has 0 bridgehead atoms. The summed E-state index contributed by atoms with van der Waals surface area (Å²) in [5.74, 6) is 1.47. The highest BCUT2D eigenvalue weighted by Gasteiger charge is 2.41. The summed E-state index contributed by atoms with van der Waals surface area (Å²) in [5.41, 5.74) is 0.472. The van der Waals surface area contributed by atoms with Gasteiger partial charge in [0.1, 0.15) is 17.5 Å². The maximum Gasteiger partial charge on any atom is 0.255 e. The molecule has 7 nitrogen and oxygen atoms in total. The zero-order valence-electron chi connectivity index (χ0n) is 18.8.